The molecule has 0 aliphatic rings. The number of alkyl halides is 1. The lowest BCUT2D eigenvalue weighted by Gasteiger charge is -2.09. The quantitative estimate of drug-likeness (QED) is 0.561. The van der Waals surface area contributed by atoms with E-state index in [1.54, 1.807) is 0 Å². The number of halogens is 2. The number of hydrogen-bond acceptors (Lipinski definition) is 2. The molecule has 1 aromatic carbocycles. The number of aryl methyl sites for hydroxylation is 1. The maximum Gasteiger partial charge on any atom is 0.128 e. The molecule has 2 aromatic heterocycles. The van der Waals surface area contributed by atoms with Crippen LogP contribution < -0.4 is 0 Å². The van der Waals surface area contributed by atoms with Crippen LogP contribution in [0.25, 0.3) is 11.0 Å². The molecule has 2 nitrogen and oxygen atoms in total. The Kier molecular flexibility index (Phi) is 4.25. The van der Waals surface area contributed by atoms with Gasteiger partial charge in [0, 0.05) is 14.8 Å². The van der Waals surface area contributed by atoms with Gasteiger partial charge in [-0.1, -0.05) is 18.5 Å². The van der Waals surface area contributed by atoms with Crippen LogP contribution in [0.1, 0.15) is 34.8 Å². The summed E-state index contributed by atoms with van der Waals surface area (Å²) in [5.74, 6) is 0.889. The molecule has 0 fully saturated rings. The van der Waals surface area contributed by atoms with Gasteiger partial charge in [0.25, 0.3) is 0 Å². The highest BCUT2D eigenvalue weighted by Gasteiger charge is 2.16. The average molecular weight is 339 g/mol. The van der Waals surface area contributed by atoms with Gasteiger partial charge < -0.3 is 4.57 Å². The number of aromatic nitrogens is 2. The Bertz CT molecular complexity index is 774. The summed E-state index contributed by atoms with van der Waals surface area (Å²) in [6.45, 7) is 4.91. The monoisotopic (exact) mass is 338 g/mol. The van der Waals surface area contributed by atoms with Gasteiger partial charge >= 0.3 is 0 Å². The second-order valence-electron chi connectivity index (χ2n) is 5.03. The number of rotatable bonds is 4. The summed E-state index contributed by atoms with van der Waals surface area (Å²) in [7, 11) is 0. The SMILES string of the molecule is CCc1ccc(Cn2c(C(C)Cl)nc3ccc(Cl)cc32)s1. The number of imidazole rings is 1. The summed E-state index contributed by atoms with van der Waals surface area (Å²) in [6.07, 6.45) is 1.07. The lowest BCUT2D eigenvalue weighted by Crippen LogP contribution is -2.04. The van der Waals surface area contributed by atoms with E-state index in [4.69, 9.17) is 23.2 Å². The highest BCUT2D eigenvalue weighted by atomic mass is 35.5. The molecule has 0 amide bonds. The van der Waals surface area contributed by atoms with Gasteiger partial charge in [0.15, 0.2) is 0 Å². The van der Waals surface area contributed by atoms with E-state index in [1.165, 1.54) is 9.75 Å². The van der Waals surface area contributed by atoms with Crippen molar-refractivity contribution in [2.45, 2.75) is 32.2 Å². The van der Waals surface area contributed by atoms with Crippen molar-refractivity contribution in [3.8, 4) is 0 Å². The highest BCUT2D eigenvalue weighted by molar-refractivity contribution is 7.11. The molecule has 0 N–H and O–H groups in total. The zero-order valence-corrected chi connectivity index (χ0v) is 14.3. The van der Waals surface area contributed by atoms with Gasteiger partial charge in [0.1, 0.15) is 5.82 Å². The first-order valence-corrected chi connectivity index (χ1v) is 8.59. The Morgan fingerprint density at radius 2 is 2.00 bits per heavy atom. The second kappa shape index (κ2) is 5.99. The van der Waals surface area contributed by atoms with Crippen molar-refractivity contribution < 1.29 is 0 Å². The number of thiophene rings is 1. The molecule has 0 saturated heterocycles. The van der Waals surface area contributed by atoms with Crippen LogP contribution >= 0.6 is 34.5 Å². The minimum absolute atomic E-state index is 0.137. The first-order chi connectivity index (χ1) is 10.1. The molecule has 5 heteroatoms. The molecule has 110 valence electrons. The third kappa shape index (κ3) is 2.96. The predicted molar refractivity (Wildman–Crippen MR) is 91.8 cm³/mol. The Morgan fingerprint density at radius 1 is 1.24 bits per heavy atom. The highest BCUT2D eigenvalue weighted by Crippen LogP contribution is 2.28. The number of benzene rings is 1. The summed E-state index contributed by atoms with van der Waals surface area (Å²) in [5, 5.41) is 0.583. The van der Waals surface area contributed by atoms with Gasteiger partial charge in [-0.05, 0) is 43.7 Å². The molecular weight excluding hydrogens is 323 g/mol. The van der Waals surface area contributed by atoms with E-state index in [2.05, 4.69) is 28.6 Å². The standard InChI is InChI=1S/C16H16Cl2N2S/c1-3-12-5-6-13(21-12)9-20-15-8-11(18)4-7-14(15)19-16(20)10(2)17/h4-8,10H,3,9H2,1-2H3. The summed E-state index contributed by atoms with van der Waals surface area (Å²) in [4.78, 5) is 7.36. The minimum atomic E-state index is -0.137. The first kappa shape index (κ1) is 14.9. The van der Waals surface area contributed by atoms with Crippen LogP contribution in [0, 0.1) is 0 Å². The van der Waals surface area contributed by atoms with Crippen LogP contribution in [0.5, 0.6) is 0 Å². The molecule has 0 aliphatic heterocycles. The number of nitrogens with zero attached hydrogens (tertiary/aromatic N) is 2. The molecule has 0 radical (unpaired) electrons. The van der Waals surface area contributed by atoms with Crippen LogP contribution in [0.15, 0.2) is 30.3 Å². The summed E-state index contributed by atoms with van der Waals surface area (Å²) in [6, 6.07) is 10.1. The normalized spacial score (nSPS) is 13.0. The van der Waals surface area contributed by atoms with Crippen molar-refractivity contribution >= 4 is 45.6 Å². The second-order valence-corrected chi connectivity index (χ2v) is 7.37. The van der Waals surface area contributed by atoms with E-state index in [0.717, 1.165) is 34.8 Å². The molecule has 0 saturated carbocycles. The molecule has 1 atom stereocenters. The lowest BCUT2D eigenvalue weighted by molar-refractivity contribution is 0.750. The van der Waals surface area contributed by atoms with Crippen molar-refractivity contribution in [3.63, 3.8) is 0 Å². The van der Waals surface area contributed by atoms with Gasteiger partial charge in [-0.25, -0.2) is 4.98 Å². The first-order valence-electron chi connectivity index (χ1n) is 6.96. The van der Waals surface area contributed by atoms with Crippen molar-refractivity contribution in [3.05, 3.63) is 50.9 Å². The fourth-order valence-corrected chi connectivity index (χ4v) is 3.72. The van der Waals surface area contributed by atoms with Crippen LogP contribution in [0.3, 0.4) is 0 Å². The molecular formula is C16H16Cl2N2S. The van der Waals surface area contributed by atoms with Gasteiger partial charge in [-0.15, -0.1) is 22.9 Å². The van der Waals surface area contributed by atoms with E-state index >= 15 is 0 Å². The fraction of sp³-hybridized carbons (Fsp3) is 0.312. The van der Waals surface area contributed by atoms with Crippen molar-refractivity contribution in [2.24, 2.45) is 0 Å². The maximum absolute atomic E-state index is 6.31. The summed E-state index contributed by atoms with van der Waals surface area (Å²) < 4.78 is 2.17. The molecule has 2 heterocycles. The van der Waals surface area contributed by atoms with Crippen LogP contribution in [0.4, 0.5) is 0 Å². The van der Waals surface area contributed by atoms with Gasteiger partial charge in [0.2, 0.25) is 0 Å². The number of hydrogen-bond donors (Lipinski definition) is 0. The van der Waals surface area contributed by atoms with Crippen molar-refractivity contribution in [2.75, 3.05) is 0 Å². The Hall–Kier alpha value is -1.03. The molecule has 0 bridgehead atoms. The van der Waals surface area contributed by atoms with Gasteiger partial charge in [0.05, 0.1) is 23.0 Å². The third-order valence-corrected chi connectivity index (χ3v) is 5.12. The summed E-state index contributed by atoms with van der Waals surface area (Å²) in [5.41, 5.74) is 1.98. The van der Waals surface area contributed by atoms with E-state index in [9.17, 15) is 0 Å². The topological polar surface area (TPSA) is 17.8 Å². The van der Waals surface area contributed by atoms with E-state index < -0.39 is 0 Å². The molecule has 1 unspecified atom stereocenters. The van der Waals surface area contributed by atoms with Crippen LogP contribution in [-0.4, -0.2) is 9.55 Å². The fourth-order valence-electron chi connectivity index (χ4n) is 2.44. The zero-order valence-electron chi connectivity index (χ0n) is 11.9. The Morgan fingerprint density at radius 3 is 2.67 bits per heavy atom. The van der Waals surface area contributed by atoms with E-state index in [0.29, 0.717) is 0 Å². The molecule has 3 rings (SSSR count). The Labute approximate surface area is 138 Å². The predicted octanol–water partition coefficient (Wildman–Crippen LogP) is 5.66. The van der Waals surface area contributed by atoms with Crippen LogP contribution in [0.2, 0.25) is 5.02 Å². The lowest BCUT2D eigenvalue weighted by atomic mass is 10.3. The van der Waals surface area contributed by atoms with Gasteiger partial charge in [-0.3, -0.25) is 0 Å². The van der Waals surface area contributed by atoms with Crippen LogP contribution in [-0.2, 0) is 13.0 Å². The van der Waals surface area contributed by atoms with Crippen molar-refractivity contribution in [1.29, 1.82) is 0 Å². The molecule has 0 aliphatic carbocycles. The third-order valence-electron chi connectivity index (χ3n) is 3.48. The maximum atomic E-state index is 6.31. The van der Waals surface area contributed by atoms with Crippen molar-refractivity contribution in [1.82, 2.24) is 9.55 Å². The Balaban J connectivity index is 2.09. The molecule has 21 heavy (non-hydrogen) atoms. The van der Waals surface area contributed by atoms with Gasteiger partial charge in [-0.2, -0.15) is 0 Å². The smallest absolute Gasteiger partial charge is 0.128 e. The largest absolute Gasteiger partial charge is 0.321 e. The molecule has 0 spiro atoms. The van der Waals surface area contributed by atoms with E-state index in [1.807, 2.05) is 36.5 Å². The minimum Gasteiger partial charge on any atom is -0.321 e. The molecule has 3 aromatic rings. The van der Waals surface area contributed by atoms with E-state index in [-0.39, 0.29) is 5.38 Å². The number of fused-ring (bicyclic) bond motifs is 1. The zero-order chi connectivity index (χ0) is 15.0. The summed E-state index contributed by atoms with van der Waals surface area (Å²) >= 11 is 14.3. The average Bonchev–Trinajstić information content (AvgIpc) is 3.04.